The normalized spacial score (nSPS) is 11.0. The molecule has 0 fully saturated rings. The average molecular weight is 402 g/mol. The molecule has 30 heavy (non-hydrogen) atoms. The average Bonchev–Trinajstić information content (AvgIpc) is 3.35. The van der Waals surface area contributed by atoms with Crippen LogP contribution in [0.15, 0.2) is 59.2 Å². The van der Waals surface area contributed by atoms with Gasteiger partial charge in [-0.15, -0.1) is 0 Å². The molecule has 0 N–H and O–H groups in total. The number of fused-ring (bicyclic) bond motifs is 1. The van der Waals surface area contributed by atoms with E-state index < -0.39 is 5.97 Å². The second-order valence-electron chi connectivity index (χ2n) is 7.28. The van der Waals surface area contributed by atoms with Crippen molar-refractivity contribution in [1.29, 1.82) is 0 Å². The highest BCUT2D eigenvalue weighted by Crippen LogP contribution is 2.21. The van der Waals surface area contributed by atoms with E-state index in [1.165, 1.54) is 0 Å². The number of aryl methyl sites for hydroxylation is 2. The van der Waals surface area contributed by atoms with Crippen LogP contribution in [0, 0.1) is 20.8 Å². The minimum Gasteiger partial charge on any atom is -0.467 e. The first-order chi connectivity index (χ1) is 14.4. The predicted octanol–water partition coefficient (Wildman–Crippen LogP) is 4.64. The Kier molecular flexibility index (Phi) is 5.23. The van der Waals surface area contributed by atoms with E-state index in [2.05, 4.69) is 4.98 Å². The van der Waals surface area contributed by atoms with Gasteiger partial charge in [0, 0.05) is 28.0 Å². The van der Waals surface area contributed by atoms with E-state index in [0.717, 1.165) is 22.7 Å². The lowest BCUT2D eigenvalue weighted by atomic mass is 10.1. The molecular formula is C24H22N2O4. The van der Waals surface area contributed by atoms with Gasteiger partial charge in [-0.2, -0.15) is 0 Å². The number of carbonyl (C=O) groups excluding carboxylic acids is 2. The first-order valence-electron chi connectivity index (χ1n) is 9.70. The standard InChI is InChI=1S/C24H22N2O4/c1-15-11-21(19-8-4-5-9-22(19)25-15)24(28)30-14-23(27)20-12-16(2)26(17(20)3)13-18-7-6-10-29-18/h4-12H,13-14H2,1-3H3. The highest BCUT2D eigenvalue weighted by atomic mass is 16.5. The SMILES string of the molecule is Cc1cc(C(=O)OCC(=O)c2cc(C)n(Cc3ccco3)c2C)c2ccccc2n1. The molecule has 0 aliphatic carbocycles. The molecule has 3 aromatic heterocycles. The Labute approximate surface area is 174 Å². The monoisotopic (exact) mass is 402 g/mol. The van der Waals surface area contributed by atoms with Crippen LogP contribution in [-0.4, -0.2) is 27.9 Å². The highest BCUT2D eigenvalue weighted by Gasteiger charge is 2.19. The molecule has 6 heteroatoms. The van der Waals surface area contributed by atoms with Gasteiger partial charge < -0.3 is 13.7 Å². The van der Waals surface area contributed by atoms with Crippen LogP contribution in [-0.2, 0) is 11.3 Å². The Bertz CT molecular complexity index is 1240. The Hall–Kier alpha value is -3.67. The summed E-state index contributed by atoms with van der Waals surface area (Å²) < 4.78 is 12.8. The lowest BCUT2D eigenvalue weighted by Crippen LogP contribution is -2.16. The van der Waals surface area contributed by atoms with Gasteiger partial charge in [0.2, 0.25) is 5.78 Å². The number of rotatable bonds is 6. The number of benzene rings is 1. The molecule has 0 aliphatic heterocycles. The van der Waals surface area contributed by atoms with Gasteiger partial charge in [0.1, 0.15) is 5.76 Å². The third-order valence-corrected chi connectivity index (χ3v) is 5.17. The Balaban J connectivity index is 1.51. The van der Waals surface area contributed by atoms with E-state index in [9.17, 15) is 9.59 Å². The number of aromatic nitrogens is 2. The fourth-order valence-corrected chi connectivity index (χ4v) is 3.65. The summed E-state index contributed by atoms with van der Waals surface area (Å²) in [6.07, 6.45) is 1.62. The van der Waals surface area contributed by atoms with Gasteiger partial charge in [-0.25, -0.2) is 4.79 Å². The largest absolute Gasteiger partial charge is 0.467 e. The molecule has 0 spiro atoms. The van der Waals surface area contributed by atoms with E-state index in [-0.39, 0.29) is 12.4 Å². The van der Waals surface area contributed by atoms with Gasteiger partial charge in [0.25, 0.3) is 0 Å². The second kappa shape index (κ2) is 7.99. The molecule has 3 heterocycles. The molecule has 1 aromatic carbocycles. The summed E-state index contributed by atoms with van der Waals surface area (Å²) >= 11 is 0. The maximum absolute atomic E-state index is 12.8. The Morgan fingerprint density at radius 1 is 1.03 bits per heavy atom. The van der Waals surface area contributed by atoms with Crippen LogP contribution in [0.2, 0.25) is 0 Å². The van der Waals surface area contributed by atoms with Crippen molar-refractivity contribution in [2.75, 3.05) is 6.61 Å². The quantitative estimate of drug-likeness (QED) is 0.347. The summed E-state index contributed by atoms with van der Waals surface area (Å²) in [5.41, 5.74) is 4.15. The summed E-state index contributed by atoms with van der Waals surface area (Å²) in [4.78, 5) is 29.9. The number of ether oxygens (including phenoxy) is 1. The van der Waals surface area contributed by atoms with Crippen molar-refractivity contribution in [2.45, 2.75) is 27.3 Å². The molecule has 0 unspecified atom stereocenters. The fraction of sp³-hybridized carbons (Fsp3) is 0.208. The van der Waals surface area contributed by atoms with Crippen molar-refractivity contribution in [1.82, 2.24) is 9.55 Å². The molecule has 0 saturated carbocycles. The molecule has 0 aliphatic rings. The number of esters is 1. The molecule has 152 valence electrons. The zero-order valence-corrected chi connectivity index (χ0v) is 17.1. The Morgan fingerprint density at radius 2 is 1.83 bits per heavy atom. The summed E-state index contributed by atoms with van der Waals surface area (Å²) in [7, 11) is 0. The van der Waals surface area contributed by atoms with Gasteiger partial charge in [-0.05, 0) is 51.1 Å². The molecule has 0 radical (unpaired) electrons. The summed E-state index contributed by atoms with van der Waals surface area (Å²) in [6, 6.07) is 14.6. The number of ketones is 1. The van der Waals surface area contributed by atoms with Crippen LogP contribution < -0.4 is 0 Å². The van der Waals surface area contributed by atoms with E-state index in [1.807, 2.05) is 67.8 Å². The number of Topliss-reactive ketones (excluding diaryl/α,β-unsaturated/α-hetero) is 1. The smallest absolute Gasteiger partial charge is 0.339 e. The highest BCUT2D eigenvalue weighted by molar-refractivity contribution is 6.05. The summed E-state index contributed by atoms with van der Waals surface area (Å²) in [6.45, 7) is 5.86. The zero-order chi connectivity index (χ0) is 21.3. The van der Waals surface area contributed by atoms with Crippen molar-refractivity contribution in [3.63, 3.8) is 0 Å². The molecular weight excluding hydrogens is 380 g/mol. The molecule has 6 nitrogen and oxygen atoms in total. The molecule has 4 aromatic rings. The third-order valence-electron chi connectivity index (χ3n) is 5.17. The number of hydrogen-bond donors (Lipinski definition) is 0. The van der Waals surface area contributed by atoms with Crippen LogP contribution in [0.3, 0.4) is 0 Å². The number of para-hydroxylation sites is 1. The van der Waals surface area contributed by atoms with E-state index in [4.69, 9.17) is 9.15 Å². The van der Waals surface area contributed by atoms with Crippen molar-refractivity contribution in [2.24, 2.45) is 0 Å². The molecule has 0 amide bonds. The first kappa shape index (κ1) is 19.6. The van der Waals surface area contributed by atoms with Gasteiger partial charge in [-0.1, -0.05) is 18.2 Å². The minimum atomic E-state index is -0.533. The molecule has 0 bridgehead atoms. The molecule has 0 saturated heterocycles. The predicted molar refractivity (Wildman–Crippen MR) is 113 cm³/mol. The van der Waals surface area contributed by atoms with E-state index in [1.54, 1.807) is 12.3 Å². The summed E-state index contributed by atoms with van der Waals surface area (Å²) in [5, 5.41) is 0.706. The van der Waals surface area contributed by atoms with Crippen molar-refractivity contribution < 1.29 is 18.7 Å². The number of hydrogen-bond acceptors (Lipinski definition) is 5. The number of carbonyl (C=O) groups is 2. The van der Waals surface area contributed by atoms with Crippen molar-refractivity contribution in [3.05, 3.63) is 88.8 Å². The van der Waals surface area contributed by atoms with Gasteiger partial charge >= 0.3 is 5.97 Å². The van der Waals surface area contributed by atoms with Gasteiger partial charge in [-0.3, -0.25) is 9.78 Å². The molecule has 4 rings (SSSR count). The Morgan fingerprint density at radius 3 is 2.60 bits per heavy atom. The minimum absolute atomic E-state index is 0.239. The van der Waals surface area contributed by atoms with Crippen LogP contribution >= 0.6 is 0 Å². The van der Waals surface area contributed by atoms with Crippen molar-refractivity contribution in [3.8, 4) is 0 Å². The lowest BCUT2D eigenvalue weighted by molar-refractivity contribution is 0.0476. The van der Waals surface area contributed by atoms with Crippen LogP contribution in [0.5, 0.6) is 0 Å². The van der Waals surface area contributed by atoms with Crippen molar-refractivity contribution >= 4 is 22.7 Å². The number of nitrogens with zero attached hydrogens (tertiary/aromatic N) is 2. The van der Waals surface area contributed by atoms with E-state index >= 15 is 0 Å². The van der Waals surface area contributed by atoms with Gasteiger partial charge in [0.15, 0.2) is 6.61 Å². The number of furan rings is 1. The lowest BCUT2D eigenvalue weighted by Gasteiger charge is -2.09. The van der Waals surface area contributed by atoms with Gasteiger partial charge in [0.05, 0.1) is 23.9 Å². The zero-order valence-electron chi connectivity index (χ0n) is 17.1. The third kappa shape index (κ3) is 3.76. The summed E-state index contributed by atoms with van der Waals surface area (Å²) in [5.74, 6) is 0.0360. The van der Waals surface area contributed by atoms with E-state index in [0.29, 0.717) is 28.8 Å². The topological polar surface area (TPSA) is 74.3 Å². The second-order valence-corrected chi connectivity index (χ2v) is 7.28. The maximum atomic E-state index is 12.8. The van der Waals surface area contributed by atoms with Crippen LogP contribution in [0.1, 0.15) is 43.6 Å². The molecule has 0 atom stereocenters. The fourth-order valence-electron chi connectivity index (χ4n) is 3.65. The van der Waals surface area contributed by atoms with Crippen LogP contribution in [0.4, 0.5) is 0 Å². The first-order valence-corrected chi connectivity index (χ1v) is 9.70. The maximum Gasteiger partial charge on any atom is 0.339 e. The van der Waals surface area contributed by atoms with Crippen LogP contribution in [0.25, 0.3) is 10.9 Å². The number of pyridine rings is 1.